The summed E-state index contributed by atoms with van der Waals surface area (Å²) in [6.45, 7) is 2.34. The van der Waals surface area contributed by atoms with Crippen LogP contribution in [-0.2, 0) is 0 Å². The van der Waals surface area contributed by atoms with E-state index in [1.54, 1.807) is 30.3 Å². The fraction of sp³-hybridized carbons (Fsp3) is 0.133. The Kier molecular flexibility index (Phi) is 4.94. The van der Waals surface area contributed by atoms with Crippen LogP contribution in [0.15, 0.2) is 42.5 Å². The second-order valence-electron chi connectivity index (χ2n) is 4.36. The predicted octanol–water partition coefficient (Wildman–Crippen LogP) is 4.63. The third kappa shape index (κ3) is 3.60. The number of halogens is 2. The molecule has 0 radical (unpaired) electrons. The summed E-state index contributed by atoms with van der Waals surface area (Å²) in [6.07, 6.45) is 0. The Bertz CT molecular complexity index is 661. The minimum atomic E-state index is -0.320. The van der Waals surface area contributed by atoms with Crippen LogP contribution in [0.1, 0.15) is 6.92 Å². The molecule has 6 heteroatoms. The molecule has 0 saturated heterocycles. The van der Waals surface area contributed by atoms with Crippen LogP contribution in [0.3, 0.4) is 0 Å². The molecule has 3 N–H and O–H groups in total. The van der Waals surface area contributed by atoms with Gasteiger partial charge >= 0.3 is 6.03 Å². The van der Waals surface area contributed by atoms with Gasteiger partial charge in [0.05, 0.1) is 22.1 Å². The van der Waals surface area contributed by atoms with Crippen LogP contribution < -0.4 is 16.0 Å². The molecule has 0 aromatic heterocycles. The Morgan fingerprint density at radius 1 is 1.24 bits per heavy atom. The number of nitrogens with two attached hydrogens (primary N) is 1. The highest BCUT2D eigenvalue weighted by atomic mass is 35.5. The number of hydrogen-bond donors (Lipinski definition) is 2. The van der Waals surface area contributed by atoms with Crippen molar-refractivity contribution in [3.63, 3.8) is 0 Å². The first-order valence-corrected chi connectivity index (χ1v) is 7.16. The third-order valence-corrected chi connectivity index (χ3v) is 3.52. The van der Waals surface area contributed by atoms with Crippen LogP contribution >= 0.6 is 23.2 Å². The molecule has 0 fully saturated rings. The fourth-order valence-corrected chi connectivity index (χ4v) is 2.27. The fourth-order valence-electron chi connectivity index (χ4n) is 1.93. The molecular weight excluding hydrogens is 309 g/mol. The van der Waals surface area contributed by atoms with Crippen LogP contribution in [0.5, 0.6) is 0 Å². The molecule has 0 heterocycles. The van der Waals surface area contributed by atoms with Gasteiger partial charge in [0.2, 0.25) is 0 Å². The number of amides is 2. The van der Waals surface area contributed by atoms with Crippen LogP contribution in [0.2, 0.25) is 10.0 Å². The van der Waals surface area contributed by atoms with E-state index in [9.17, 15) is 4.79 Å². The van der Waals surface area contributed by atoms with Crippen molar-refractivity contribution in [2.75, 3.05) is 22.5 Å². The molecule has 0 aliphatic rings. The molecule has 2 rings (SSSR count). The molecule has 0 spiro atoms. The predicted molar refractivity (Wildman–Crippen MR) is 89.4 cm³/mol. The Labute approximate surface area is 133 Å². The molecule has 21 heavy (non-hydrogen) atoms. The van der Waals surface area contributed by atoms with Crippen molar-refractivity contribution in [2.24, 2.45) is 0 Å². The maximum absolute atomic E-state index is 12.4. The molecule has 0 aliphatic heterocycles. The van der Waals surface area contributed by atoms with Gasteiger partial charge in [0, 0.05) is 11.6 Å². The summed E-state index contributed by atoms with van der Waals surface area (Å²) in [5.41, 5.74) is 7.56. The van der Waals surface area contributed by atoms with Gasteiger partial charge < -0.3 is 11.1 Å². The molecule has 0 unspecified atom stereocenters. The zero-order valence-electron chi connectivity index (χ0n) is 11.4. The van der Waals surface area contributed by atoms with E-state index in [-0.39, 0.29) is 6.03 Å². The molecule has 2 amide bonds. The Morgan fingerprint density at radius 2 is 1.95 bits per heavy atom. The molecule has 0 aliphatic carbocycles. The maximum atomic E-state index is 12.4. The number of rotatable bonds is 3. The SMILES string of the molecule is CCN(C(=O)Nc1cc(Cl)ccc1Cl)c1ccccc1N. The summed E-state index contributed by atoms with van der Waals surface area (Å²) in [5.74, 6) is 0. The number of nitrogens with one attached hydrogen (secondary N) is 1. The van der Waals surface area contributed by atoms with Crippen LogP contribution in [0.25, 0.3) is 0 Å². The average Bonchev–Trinajstić information content (AvgIpc) is 2.46. The van der Waals surface area contributed by atoms with Gasteiger partial charge in [0.1, 0.15) is 0 Å². The van der Waals surface area contributed by atoms with Gasteiger partial charge in [-0.25, -0.2) is 4.79 Å². The van der Waals surface area contributed by atoms with E-state index in [4.69, 9.17) is 28.9 Å². The molecule has 2 aromatic carbocycles. The van der Waals surface area contributed by atoms with Crippen molar-refractivity contribution in [1.29, 1.82) is 0 Å². The van der Waals surface area contributed by atoms with Gasteiger partial charge in [-0.05, 0) is 37.3 Å². The first-order valence-electron chi connectivity index (χ1n) is 6.41. The Morgan fingerprint density at radius 3 is 2.62 bits per heavy atom. The van der Waals surface area contributed by atoms with Crippen LogP contribution in [-0.4, -0.2) is 12.6 Å². The van der Waals surface area contributed by atoms with Crippen molar-refractivity contribution in [3.05, 3.63) is 52.5 Å². The second-order valence-corrected chi connectivity index (χ2v) is 5.20. The largest absolute Gasteiger partial charge is 0.397 e. The third-order valence-electron chi connectivity index (χ3n) is 2.96. The minimum Gasteiger partial charge on any atom is -0.397 e. The number of anilines is 3. The second kappa shape index (κ2) is 6.70. The molecule has 0 saturated carbocycles. The van der Waals surface area contributed by atoms with E-state index in [2.05, 4.69) is 5.32 Å². The van der Waals surface area contributed by atoms with Gasteiger partial charge in [-0.1, -0.05) is 35.3 Å². The summed E-state index contributed by atoms with van der Waals surface area (Å²) in [7, 11) is 0. The Balaban J connectivity index is 2.25. The normalized spacial score (nSPS) is 10.2. The highest BCUT2D eigenvalue weighted by molar-refractivity contribution is 6.35. The number of para-hydroxylation sites is 2. The van der Waals surface area contributed by atoms with E-state index < -0.39 is 0 Å². The standard InChI is InChI=1S/C15H15Cl2N3O/c1-2-20(14-6-4-3-5-12(14)18)15(21)19-13-9-10(16)7-8-11(13)17/h3-9H,2,18H2,1H3,(H,19,21). The first kappa shape index (κ1) is 15.5. The van der Waals surface area contributed by atoms with Crippen molar-refractivity contribution in [2.45, 2.75) is 6.92 Å². The van der Waals surface area contributed by atoms with Crippen molar-refractivity contribution < 1.29 is 4.79 Å². The zero-order valence-corrected chi connectivity index (χ0v) is 12.9. The summed E-state index contributed by atoms with van der Waals surface area (Å²) in [6, 6.07) is 11.8. The van der Waals surface area contributed by atoms with Gasteiger partial charge in [-0.3, -0.25) is 4.90 Å². The van der Waals surface area contributed by atoms with E-state index in [1.807, 2.05) is 19.1 Å². The summed E-state index contributed by atoms with van der Waals surface area (Å²) in [5, 5.41) is 3.66. The monoisotopic (exact) mass is 323 g/mol. The first-order chi connectivity index (χ1) is 10.0. The van der Waals surface area contributed by atoms with Crippen molar-refractivity contribution in [1.82, 2.24) is 0 Å². The Hall–Kier alpha value is -1.91. The highest BCUT2D eigenvalue weighted by Crippen LogP contribution is 2.27. The molecule has 0 atom stereocenters. The quantitative estimate of drug-likeness (QED) is 0.809. The van der Waals surface area contributed by atoms with Crippen molar-refractivity contribution in [3.8, 4) is 0 Å². The zero-order chi connectivity index (χ0) is 15.4. The lowest BCUT2D eigenvalue weighted by molar-refractivity contribution is 0.257. The highest BCUT2D eigenvalue weighted by Gasteiger charge is 2.17. The lowest BCUT2D eigenvalue weighted by Gasteiger charge is -2.23. The van der Waals surface area contributed by atoms with E-state index in [0.717, 1.165) is 0 Å². The summed E-state index contributed by atoms with van der Waals surface area (Å²) < 4.78 is 0. The molecule has 110 valence electrons. The minimum absolute atomic E-state index is 0.320. The molecular formula is C15H15Cl2N3O. The van der Waals surface area contributed by atoms with Crippen LogP contribution in [0.4, 0.5) is 21.9 Å². The van der Waals surface area contributed by atoms with Gasteiger partial charge in [0.25, 0.3) is 0 Å². The van der Waals surface area contributed by atoms with E-state index in [1.165, 1.54) is 4.90 Å². The lowest BCUT2D eigenvalue weighted by Crippen LogP contribution is -2.35. The number of carbonyl (C=O) groups is 1. The number of hydrogen-bond acceptors (Lipinski definition) is 2. The van der Waals surface area contributed by atoms with E-state index >= 15 is 0 Å². The summed E-state index contributed by atoms with van der Waals surface area (Å²) in [4.78, 5) is 14.0. The van der Waals surface area contributed by atoms with Crippen molar-refractivity contribution >= 4 is 46.3 Å². The maximum Gasteiger partial charge on any atom is 0.326 e. The molecule has 0 bridgehead atoms. The topological polar surface area (TPSA) is 58.4 Å². The number of nitrogen functional groups attached to an aromatic ring is 1. The van der Waals surface area contributed by atoms with Gasteiger partial charge in [-0.2, -0.15) is 0 Å². The number of urea groups is 1. The number of carbonyl (C=O) groups excluding carboxylic acids is 1. The summed E-state index contributed by atoms with van der Waals surface area (Å²) >= 11 is 12.0. The van der Waals surface area contributed by atoms with Gasteiger partial charge in [0.15, 0.2) is 0 Å². The molecule has 4 nitrogen and oxygen atoms in total. The van der Waals surface area contributed by atoms with Gasteiger partial charge in [-0.15, -0.1) is 0 Å². The number of benzene rings is 2. The smallest absolute Gasteiger partial charge is 0.326 e. The average molecular weight is 324 g/mol. The molecule has 2 aromatic rings. The number of nitrogens with zero attached hydrogens (tertiary/aromatic N) is 1. The van der Waals surface area contributed by atoms with E-state index in [0.29, 0.717) is 33.7 Å². The lowest BCUT2D eigenvalue weighted by atomic mass is 10.2. The van der Waals surface area contributed by atoms with Crippen LogP contribution in [0, 0.1) is 0 Å².